The maximum Gasteiger partial charge on any atom is 0.283 e. The van der Waals surface area contributed by atoms with Crippen LogP contribution < -0.4 is 11.0 Å². The Kier molecular flexibility index (Phi) is 3.92. The second-order valence-electron chi connectivity index (χ2n) is 6.11. The molecule has 0 unspecified atom stereocenters. The summed E-state index contributed by atoms with van der Waals surface area (Å²) in [4.78, 5) is 28.6. The first-order chi connectivity index (χ1) is 11.4. The molecule has 1 N–H and O–H groups in total. The van der Waals surface area contributed by atoms with Gasteiger partial charge in [-0.1, -0.05) is 19.9 Å². The van der Waals surface area contributed by atoms with Crippen molar-refractivity contribution in [2.24, 2.45) is 5.92 Å². The lowest BCUT2D eigenvalue weighted by Gasteiger charge is -2.10. The molecule has 3 rings (SSSR count). The van der Waals surface area contributed by atoms with Crippen LogP contribution in [0.5, 0.6) is 0 Å². The molecule has 0 saturated heterocycles. The van der Waals surface area contributed by atoms with Crippen LogP contribution in [0.2, 0.25) is 0 Å². The van der Waals surface area contributed by atoms with Gasteiger partial charge in [0, 0.05) is 5.92 Å². The lowest BCUT2D eigenvalue weighted by atomic mass is 10.1. The van der Waals surface area contributed by atoms with Gasteiger partial charge in [0.1, 0.15) is 11.7 Å². The SMILES string of the molecule is Cc1ccc(-n2ncc3c(=O)n(NC(=O)C(C)C)cnc32)cc1C. The van der Waals surface area contributed by atoms with E-state index in [-0.39, 0.29) is 17.4 Å². The zero-order valence-corrected chi connectivity index (χ0v) is 14.1. The first kappa shape index (κ1) is 15.9. The predicted octanol–water partition coefficient (Wildman–Crippen LogP) is 1.93. The van der Waals surface area contributed by atoms with E-state index in [2.05, 4.69) is 15.5 Å². The molecule has 2 heterocycles. The van der Waals surface area contributed by atoms with Crippen LogP contribution in [0.25, 0.3) is 16.7 Å². The summed E-state index contributed by atoms with van der Waals surface area (Å²) >= 11 is 0. The standard InChI is InChI=1S/C17H19N5O2/c1-10(2)16(23)20-21-9-18-15-14(17(21)24)8-19-22(15)13-6-5-11(3)12(4)7-13/h5-10H,1-4H3,(H,20,23). The summed E-state index contributed by atoms with van der Waals surface area (Å²) in [6, 6.07) is 5.93. The molecule has 0 spiro atoms. The third-order valence-electron chi connectivity index (χ3n) is 3.98. The van der Waals surface area contributed by atoms with Crippen molar-refractivity contribution in [1.29, 1.82) is 0 Å². The molecule has 0 atom stereocenters. The minimum Gasteiger partial charge on any atom is -0.273 e. The molecule has 0 radical (unpaired) electrons. The Morgan fingerprint density at radius 1 is 1.21 bits per heavy atom. The lowest BCUT2D eigenvalue weighted by Crippen LogP contribution is -2.35. The Morgan fingerprint density at radius 3 is 2.62 bits per heavy atom. The highest BCUT2D eigenvalue weighted by molar-refractivity contribution is 5.85. The van der Waals surface area contributed by atoms with Crippen LogP contribution in [0.3, 0.4) is 0 Å². The van der Waals surface area contributed by atoms with Crippen molar-refractivity contribution in [3.8, 4) is 5.69 Å². The van der Waals surface area contributed by atoms with E-state index in [9.17, 15) is 9.59 Å². The zero-order chi connectivity index (χ0) is 17.4. The number of rotatable bonds is 3. The van der Waals surface area contributed by atoms with E-state index >= 15 is 0 Å². The number of aromatic nitrogens is 4. The Hall–Kier alpha value is -2.96. The highest BCUT2D eigenvalue weighted by Crippen LogP contribution is 2.17. The van der Waals surface area contributed by atoms with E-state index < -0.39 is 0 Å². The van der Waals surface area contributed by atoms with Crippen LogP contribution in [0.4, 0.5) is 0 Å². The van der Waals surface area contributed by atoms with Gasteiger partial charge in [-0.2, -0.15) is 5.10 Å². The van der Waals surface area contributed by atoms with Crippen molar-refractivity contribution in [3.63, 3.8) is 0 Å². The van der Waals surface area contributed by atoms with Crippen LogP contribution >= 0.6 is 0 Å². The normalized spacial score (nSPS) is 11.2. The molecule has 7 heteroatoms. The third-order valence-corrected chi connectivity index (χ3v) is 3.98. The molecule has 1 amide bonds. The maximum atomic E-state index is 12.5. The second kappa shape index (κ2) is 5.92. The number of nitrogens with one attached hydrogen (secondary N) is 1. The zero-order valence-electron chi connectivity index (χ0n) is 14.1. The number of hydrogen-bond acceptors (Lipinski definition) is 4. The number of carbonyl (C=O) groups excluding carboxylic acids is 1. The van der Waals surface area contributed by atoms with Crippen molar-refractivity contribution in [3.05, 3.63) is 52.2 Å². The van der Waals surface area contributed by atoms with E-state index in [1.54, 1.807) is 18.5 Å². The molecule has 24 heavy (non-hydrogen) atoms. The van der Waals surface area contributed by atoms with E-state index in [4.69, 9.17) is 0 Å². The third kappa shape index (κ3) is 2.68. The molecule has 7 nitrogen and oxygen atoms in total. The van der Waals surface area contributed by atoms with Gasteiger partial charge in [-0.05, 0) is 37.1 Å². The molecular weight excluding hydrogens is 306 g/mol. The first-order valence-electron chi connectivity index (χ1n) is 7.72. The van der Waals surface area contributed by atoms with Crippen LogP contribution in [-0.2, 0) is 4.79 Å². The van der Waals surface area contributed by atoms with Crippen LogP contribution in [0, 0.1) is 19.8 Å². The number of aryl methyl sites for hydroxylation is 2. The fourth-order valence-corrected chi connectivity index (χ4v) is 2.29. The van der Waals surface area contributed by atoms with Gasteiger partial charge in [-0.15, -0.1) is 0 Å². The van der Waals surface area contributed by atoms with Crippen LogP contribution in [0.15, 0.2) is 35.5 Å². The predicted molar refractivity (Wildman–Crippen MR) is 91.8 cm³/mol. The van der Waals surface area contributed by atoms with E-state index in [1.165, 1.54) is 18.1 Å². The number of carbonyl (C=O) groups is 1. The molecular formula is C17H19N5O2. The van der Waals surface area contributed by atoms with Gasteiger partial charge < -0.3 is 0 Å². The average Bonchev–Trinajstić information content (AvgIpc) is 2.97. The van der Waals surface area contributed by atoms with Gasteiger partial charge in [0.05, 0.1) is 11.9 Å². The van der Waals surface area contributed by atoms with Crippen molar-refractivity contribution >= 4 is 16.9 Å². The minimum absolute atomic E-state index is 0.231. The van der Waals surface area contributed by atoms with Crippen molar-refractivity contribution < 1.29 is 4.79 Å². The smallest absolute Gasteiger partial charge is 0.273 e. The highest BCUT2D eigenvalue weighted by Gasteiger charge is 2.14. The molecule has 1 aromatic carbocycles. The van der Waals surface area contributed by atoms with Gasteiger partial charge in [0.2, 0.25) is 5.91 Å². The van der Waals surface area contributed by atoms with Gasteiger partial charge in [0.15, 0.2) is 5.65 Å². The summed E-state index contributed by atoms with van der Waals surface area (Å²) in [5.41, 5.74) is 5.78. The fourth-order valence-electron chi connectivity index (χ4n) is 2.29. The molecule has 0 bridgehead atoms. The Balaban J connectivity index is 2.08. The molecule has 0 aliphatic carbocycles. The molecule has 0 fully saturated rings. The average molecular weight is 325 g/mol. The molecule has 0 saturated carbocycles. The fraction of sp³-hybridized carbons (Fsp3) is 0.294. The van der Waals surface area contributed by atoms with Crippen molar-refractivity contribution in [2.45, 2.75) is 27.7 Å². The summed E-state index contributed by atoms with van der Waals surface area (Å²) in [6.07, 6.45) is 2.78. The molecule has 3 aromatic rings. The second-order valence-corrected chi connectivity index (χ2v) is 6.11. The first-order valence-corrected chi connectivity index (χ1v) is 7.72. The van der Waals surface area contributed by atoms with Crippen LogP contribution in [0.1, 0.15) is 25.0 Å². The summed E-state index contributed by atoms with van der Waals surface area (Å²) in [5, 5.41) is 4.63. The minimum atomic E-state index is -0.357. The Morgan fingerprint density at radius 2 is 1.96 bits per heavy atom. The number of hydrogen-bond donors (Lipinski definition) is 1. The summed E-state index contributed by atoms with van der Waals surface area (Å²) < 4.78 is 2.72. The van der Waals surface area contributed by atoms with E-state index in [1.807, 2.05) is 32.0 Å². The van der Waals surface area contributed by atoms with Gasteiger partial charge in [-0.25, -0.2) is 14.3 Å². The Labute approximate surface area is 138 Å². The molecule has 0 aliphatic rings. The van der Waals surface area contributed by atoms with Gasteiger partial charge >= 0.3 is 0 Å². The molecule has 124 valence electrons. The van der Waals surface area contributed by atoms with Crippen molar-refractivity contribution in [1.82, 2.24) is 19.4 Å². The number of nitrogens with zero attached hydrogens (tertiary/aromatic N) is 4. The topological polar surface area (TPSA) is 81.8 Å². The van der Waals surface area contributed by atoms with E-state index in [0.29, 0.717) is 11.0 Å². The monoisotopic (exact) mass is 325 g/mol. The highest BCUT2D eigenvalue weighted by atomic mass is 16.2. The van der Waals surface area contributed by atoms with Gasteiger partial charge in [0.25, 0.3) is 5.56 Å². The quantitative estimate of drug-likeness (QED) is 0.797. The molecule has 0 aliphatic heterocycles. The summed E-state index contributed by atoms with van der Waals surface area (Å²) in [6.45, 7) is 7.56. The van der Waals surface area contributed by atoms with Crippen LogP contribution in [-0.4, -0.2) is 25.3 Å². The number of fused-ring (bicyclic) bond motifs is 1. The largest absolute Gasteiger partial charge is 0.283 e. The van der Waals surface area contributed by atoms with Gasteiger partial charge in [-0.3, -0.25) is 15.0 Å². The number of benzene rings is 1. The summed E-state index contributed by atoms with van der Waals surface area (Å²) in [5.74, 6) is -0.481. The Bertz CT molecular complexity index is 984. The number of amides is 1. The van der Waals surface area contributed by atoms with Crippen molar-refractivity contribution in [2.75, 3.05) is 5.43 Å². The van der Waals surface area contributed by atoms with E-state index in [0.717, 1.165) is 15.9 Å². The summed E-state index contributed by atoms with van der Waals surface area (Å²) in [7, 11) is 0. The molecule has 2 aromatic heterocycles. The lowest BCUT2D eigenvalue weighted by molar-refractivity contribution is -0.119. The maximum absolute atomic E-state index is 12.5.